The second kappa shape index (κ2) is 5.21. The van der Waals surface area contributed by atoms with Crippen LogP contribution in [0.25, 0.3) is 0 Å². The maximum atomic E-state index is 11.8. The Bertz CT molecular complexity index is 293. The average molecular weight is 221 g/mol. The van der Waals surface area contributed by atoms with Gasteiger partial charge in [0.1, 0.15) is 5.76 Å². The number of furan rings is 1. The van der Waals surface area contributed by atoms with Crippen molar-refractivity contribution in [3.05, 3.63) is 23.7 Å². The van der Waals surface area contributed by atoms with E-state index in [0.717, 1.165) is 11.3 Å². The molecule has 0 bridgehead atoms. The molecule has 5 heteroatoms. The van der Waals surface area contributed by atoms with E-state index in [-0.39, 0.29) is 6.42 Å². The van der Waals surface area contributed by atoms with Gasteiger partial charge in [-0.25, -0.2) is 0 Å². The quantitative estimate of drug-likeness (QED) is 0.773. The van der Waals surface area contributed by atoms with Gasteiger partial charge >= 0.3 is 6.18 Å². The first kappa shape index (κ1) is 12.1. The molecule has 0 aliphatic heterocycles. The number of hydrogen-bond acceptors (Lipinski definition) is 2. The van der Waals surface area contributed by atoms with Crippen LogP contribution in [0.1, 0.15) is 24.2 Å². The maximum absolute atomic E-state index is 11.8. The van der Waals surface area contributed by atoms with Crippen LogP contribution in [0.4, 0.5) is 13.2 Å². The summed E-state index contributed by atoms with van der Waals surface area (Å²) in [4.78, 5) is 0. The van der Waals surface area contributed by atoms with E-state index in [1.54, 1.807) is 6.26 Å². The van der Waals surface area contributed by atoms with Gasteiger partial charge in [0.15, 0.2) is 0 Å². The minimum atomic E-state index is -4.05. The highest BCUT2D eigenvalue weighted by Crippen LogP contribution is 2.20. The Morgan fingerprint density at radius 2 is 2.13 bits per heavy atom. The van der Waals surface area contributed by atoms with E-state index in [4.69, 9.17) is 4.42 Å². The fraction of sp³-hybridized carbons (Fsp3) is 0.600. The molecular weight excluding hydrogens is 207 g/mol. The lowest BCUT2D eigenvalue weighted by atomic mass is 10.2. The standard InChI is InChI=1S/C10H14F3NO/c1-8-3-6-15-9(8)7-14-5-2-4-10(11,12)13/h3,6,14H,2,4-5,7H2,1H3. The third-order valence-corrected chi connectivity index (χ3v) is 2.07. The Morgan fingerprint density at radius 1 is 1.40 bits per heavy atom. The Hall–Kier alpha value is -0.970. The summed E-state index contributed by atoms with van der Waals surface area (Å²) in [5, 5.41) is 2.91. The molecule has 0 spiro atoms. The molecule has 0 atom stereocenters. The Balaban J connectivity index is 2.10. The third kappa shape index (κ3) is 4.88. The Kier molecular flexibility index (Phi) is 4.20. The van der Waals surface area contributed by atoms with Gasteiger partial charge in [-0.1, -0.05) is 0 Å². The first-order valence-corrected chi connectivity index (χ1v) is 4.79. The van der Waals surface area contributed by atoms with Crippen molar-refractivity contribution in [2.24, 2.45) is 0 Å². The zero-order chi connectivity index (χ0) is 11.3. The molecular formula is C10H14F3NO. The van der Waals surface area contributed by atoms with Crippen molar-refractivity contribution in [2.45, 2.75) is 32.5 Å². The van der Waals surface area contributed by atoms with Crippen LogP contribution in [-0.4, -0.2) is 12.7 Å². The molecule has 0 aromatic carbocycles. The van der Waals surface area contributed by atoms with Crippen LogP contribution in [0.15, 0.2) is 16.7 Å². The average Bonchev–Trinajstić information content (AvgIpc) is 2.49. The smallest absolute Gasteiger partial charge is 0.389 e. The highest BCUT2D eigenvalue weighted by Gasteiger charge is 2.25. The fourth-order valence-corrected chi connectivity index (χ4v) is 1.20. The lowest BCUT2D eigenvalue weighted by Gasteiger charge is -2.06. The molecule has 0 saturated carbocycles. The molecule has 2 nitrogen and oxygen atoms in total. The largest absolute Gasteiger partial charge is 0.468 e. The number of rotatable bonds is 5. The van der Waals surface area contributed by atoms with Gasteiger partial charge in [-0.15, -0.1) is 0 Å². The lowest BCUT2D eigenvalue weighted by molar-refractivity contribution is -0.135. The second-order valence-corrected chi connectivity index (χ2v) is 3.42. The van der Waals surface area contributed by atoms with Crippen LogP contribution in [0.2, 0.25) is 0 Å². The van der Waals surface area contributed by atoms with Gasteiger partial charge in [-0.05, 0) is 31.5 Å². The summed E-state index contributed by atoms with van der Waals surface area (Å²) in [5.74, 6) is 0.780. The summed E-state index contributed by atoms with van der Waals surface area (Å²) in [5.41, 5.74) is 1.01. The number of hydrogen-bond donors (Lipinski definition) is 1. The molecule has 0 aliphatic carbocycles. The van der Waals surface area contributed by atoms with Crippen LogP contribution in [0, 0.1) is 6.92 Å². The molecule has 0 saturated heterocycles. The lowest BCUT2D eigenvalue weighted by Crippen LogP contribution is -2.17. The van der Waals surface area contributed by atoms with E-state index in [1.807, 2.05) is 13.0 Å². The first-order valence-electron chi connectivity index (χ1n) is 4.79. The van der Waals surface area contributed by atoms with E-state index in [1.165, 1.54) is 0 Å². The van der Waals surface area contributed by atoms with Crippen LogP contribution >= 0.6 is 0 Å². The molecule has 0 amide bonds. The van der Waals surface area contributed by atoms with Gasteiger partial charge in [-0.3, -0.25) is 0 Å². The zero-order valence-corrected chi connectivity index (χ0v) is 8.53. The van der Waals surface area contributed by atoms with Crippen molar-refractivity contribution in [3.8, 4) is 0 Å². The summed E-state index contributed by atoms with van der Waals surface area (Å²) >= 11 is 0. The van der Waals surface area contributed by atoms with Gasteiger partial charge in [0.05, 0.1) is 12.8 Å². The molecule has 15 heavy (non-hydrogen) atoms. The van der Waals surface area contributed by atoms with E-state index < -0.39 is 12.6 Å². The maximum Gasteiger partial charge on any atom is 0.389 e. The summed E-state index contributed by atoms with van der Waals surface area (Å²) < 4.78 is 40.4. The summed E-state index contributed by atoms with van der Waals surface area (Å²) in [6.07, 6.45) is -3.12. The molecule has 0 unspecified atom stereocenters. The van der Waals surface area contributed by atoms with Crippen LogP contribution in [0.3, 0.4) is 0 Å². The first-order chi connectivity index (χ1) is 6.99. The van der Waals surface area contributed by atoms with Crippen molar-refractivity contribution < 1.29 is 17.6 Å². The summed E-state index contributed by atoms with van der Waals surface area (Å²) in [6, 6.07) is 1.83. The van der Waals surface area contributed by atoms with E-state index in [2.05, 4.69) is 5.32 Å². The molecule has 1 aromatic heterocycles. The van der Waals surface area contributed by atoms with Gasteiger partial charge in [0, 0.05) is 6.42 Å². The van der Waals surface area contributed by atoms with Crippen LogP contribution < -0.4 is 5.32 Å². The predicted octanol–water partition coefficient (Wildman–Crippen LogP) is 3.02. The number of aryl methyl sites for hydroxylation is 1. The van der Waals surface area contributed by atoms with Gasteiger partial charge in [0.2, 0.25) is 0 Å². The minimum absolute atomic E-state index is 0.100. The molecule has 1 rings (SSSR count). The third-order valence-electron chi connectivity index (χ3n) is 2.07. The van der Waals surface area contributed by atoms with E-state index >= 15 is 0 Å². The van der Waals surface area contributed by atoms with Gasteiger partial charge in [-0.2, -0.15) is 13.2 Å². The molecule has 0 fully saturated rings. The summed E-state index contributed by atoms with van der Waals surface area (Å²) in [7, 11) is 0. The van der Waals surface area contributed by atoms with Crippen molar-refractivity contribution in [3.63, 3.8) is 0 Å². The van der Waals surface area contributed by atoms with Crippen molar-refractivity contribution in [1.82, 2.24) is 5.32 Å². The Labute approximate surface area is 86.5 Å². The second-order valence-electron chi connectivity index (χ2n) is 3.42. The highest BCUT2D eigenvalue weighted by atomic mass is 19.4. The van der Waals surface area contributed by atoms with Crippen LogP contribution in [-0.2, 0) is 6.54 Å². The van der Waals surface area contributed by atoms with Crippen molar-refractivity contribution in [2.75, 3.05) is 6.54 Å². The Morgan fingerprint density at radius 3 is 2.67 bits per heavy atom. The molecule has 1 aromatic rings. The predicted molar refractivity (Wildman–Crippen MR) is 50.4 cm³/mol. The molecule has 0 aliphatic rings. The fourth-order valence-electron chi connectivity index (χ4n) is 1.20. The number of alkyl halides is 3. The van der Waals surface area contributed by atoms with Crippen LogP contribution in [0.5, 0.6) is 0 Å². The summed E-state index contributed by atoms with van der Waals surface area (Å²) in [6.45, 7) is 2.73. The highest BCUT2D eigenvalue weighted by molar-refractivity contribution is 5.13. The van der Waals surface area contributed by atoms with Crippen molar-refractivity contribution in [1.29, 1.82) is 0 Å². The molecule has 86 valence electrons. The minimum Gasteiger partial charge on any atom is -0.468 e. The normalized spacial score (nSPS) is 12.0. The number of nitrogens with one attached hydrogen (secondary N) is 1. The molecule has 1 heterocycles. The topological polar surface area (TPSA) is 25.2 Å². The van der Waals surface area contributed by atoms with Crippen molar-refractivity contribution >= 4 is 0 Å². The van der Waals surface area contributed by atoms with Gasteiger partial charge < -0.3 is 9.73 Å². The van der Waals surface area contributed by atoms with E-state index in [0.29, 0.717) is 13.1 Å². The monoisotopic (exact) mass is 221 g/mol. The SMILES string of the molecule is Cc1ccoc1CNCCCC(F)(F)F. The number of halogens is 3. The molecule has 1 N–H and O–H groups in total. The van der Waals surface area contributed by atoms with E-state index in [9.17, 15) is 13.2 Å². The van der Waals surface area contributed by atoms with Gasteiger partial charge in [0.25, 0.3) is 0 Å². The molecule has 0 radical (unpaired) electrons. The zero-order valence-electron chi connectivity index (χ0n) is 8.53.